The first-order chi connectivity index (χ1) is 9.26. The van der Waals surface area contributed by atoms with E-state index in [0.717, 1.165) is 12.0 Å². The molecule has 1 saturated carbocycles. The molecule has 106 valence electrons. The molecule has 4 heteroatoms. The number of ether oxygens (including phenoxy) is 1. The molecule has 0 aliphatic heterocycles. The van der Waals surface area contributed by atoms with Gasteiger partial charge in [0.05, 0.1) is 6.61 Å². The first kappa shape index (κ1) is 14.2. The number of para-hydroxylation sites is 1. The minimum Gasteiger partial charge on any atom is -0.504 e. The van der Waals surface area contributed by atoms with Crippen LogP contribution in [0.15, 0.2) is 18.2 Å². The fourth-order valence-corrected chi connectivity index (χ4v) is 2.37. The van der Waals surface area contributed by atoms with Crippen LogP contribution in [-0.4, -0.2) is 29.5 Å². The van der Waals surface area contributed by atoms with Crippen molar-refractivity contribution in [3.8, 4) is 11.5 Å². The van der Waals surface area contributed by atoms with Crippen LogP contribution in [0.25, 0.3) is 0 Å². The highest BCUT2D eigenvalue weighted by atomic mass is 16.5. The molecule has 0 radical (unpaired) electrons. The SMILES string of the molecule is CCOc1cccc(CNC(CCO)C2CC2)c1O. The van der Waals surface area contributed by atoms with E-state index in [4.69, 9.17) is 9.84 Å². The van der Waals surface area contributed by atoms with Crippen molar-refractivity contribution in [2.75, 3.05) is 13.2 Å². The molecule has 1 unspecified atom stereocenters. The number of nitrogens with one attached hydrogen (secondary N) is 1. The van der Waals surface area contributed by atoms with E-state index in [9.17, 15) is 5.11 Å². The van der Waals surface area contributed by atoms with Crippen LogP contribution in [0.4, 0.5) is 0 Å². The highest BCUT2D eigenvalue weighted by Crippen LogP contribution is 2.35. The number of aliphatic hydroxyl groups is 1. The van der Waals surface area contributed by atoms with E-state index in [-0.39, 0.29) is 12.4 Å². The Kier molecular flexibility index (Phi) is 5.05. The van der Waals surface area contributed by atoms with Crippen LogP contribution < -0.4 is 10.1 Å². The maximum absolute atomic E-state index is 10.1. The van der Waals surface area contributed by atoms with E-state index in [1.807, 2.05) is 19.1 Å². The van der Waals surface area contributed by atoms with Crippen LogP contribution in [0.2, 0.25) is 0 Å². The van der Waals surface area contributed by atoms with Crippen molar-refractivity contribution in [2.24, 2.45) is 5.92 Å². The lowest BCUT2D eigenvalue weighted by molar-refractivity contribution is 0.255. The zero-order chi connectivity index (χ0) is 13.7. The summed E-state index contributed by atoms with van der Waals surface area (Å²) in [5.74, 6) is 1.44. The van der Waals surface area contributed by atoms with Gasteiger partial charge in [0.1, 0.15) is 0 Å². The van der Waals surface area contributed by atoms with E-state index >= 15 is 0 Å². The average molecular weight is 265 g/mol. The largest absolute Gasteiger partial charge is 0.504 e. The standard InChI is InChI=1S/C15H23NO3/c1-2-19-14-5-3-4-12(15(14)18)10-16-13(8-9-17)11-6-7-11/h3-5,11,13,16-18H,2,6-10H2,1H3. The smallest absolute Gasteiger partial charge is 0.162 e. The highest BCUT2D eigenvalue weighted by Gasteiger charge is 2.30. The highest BCUT2D eigenvalue weighted by molar-refractivity contribution is 5.45. The van der Waals surface area contributed by atoms with Gasteiger partial charge in [0.15, 0.2) is 11.5 Å². The third-order valence-corrected chi connectivity index (χ3v) is 3.57. The van der Waals surface area contributed by atoms with Gasteiger partial charge in [-0.2, -0.15) is 0 Å². The minimum absolute atomic E-state index is 0.207. The Labute approximate surface area is 114 Å². The van der Waals surface area contributed by atoms with E-state index < -0.39 is 0 Å². The summed E-state index contributed by atoms with van der Waals surface area (Å²) in [6.45, 7) is 3.25. The normalized spacial score (nSPS) is 16.3. The number of hydrogen-bond donors (Lipinski definition) is 3. The van der Waals surface area contributed by atoms with E-state index in [2.05, 4.69) is 5.32 Å². The van der Waals surface area contributed by atoms with E-state index in [1.165, 1.54) is 12.8 Å². The van der Waals surface area contributed by atoms with Crippen molar-refractivity contribution in [3.63, 3.8) is 0 Å². The molecule has 2 rings (SSSR count). The zero-order valence-corrected chi connectivity index (χ0v) is 11.4. The van der Waals surface area contributed by atoms with Gasteiger partial charge >= 0.3 is 0 Å². The number of aliphatic hydroxyl groups excluding tert-OH is 1. The quantitative estimate of drug-likeness (QED) is 0.673. The molecule has 1 aliphatic carbocycles. The number of phenolic OH excluding ortho intramolecular Hbond substituents is 1. The van der Waals surface area contributed by atoms with Crippen molar-refractivity contribution in [3.05, 3.63) is 23.8 Å². The molecule has 1 aromatic carbocycles. The Balaban J connectivity index is 1.96. The third-order valence-electron chi connectivity index (χ3n) is 3.57. The van der Waals surface area contributed by atoms with Crippen molar-refractivity contribution < 1.29 is 14.9 Å². The second kappa shape index (κ2) is 6.78. The molecule has 4 nitrogen and oxygen atoms in total. The summed E-state index contributed by atoms with van der Waals surface area (Å²) >= 11 is 0. The van der Waals surface area contributed by atoms with Gasteiger partial charge in [-0.05, 0) is 38.2 Å². The Morgan fingerprint density at radius 2 is 2.21 bits per heavy atom. The predicted octanol–water partition coefficient (Wildman–Crippen LogP) is 2.04. The molecule has 1 fully saturated rings. The molecule has 0 saturated heterocycles. The summed E-state index contributed by atoms with van der Waals surface area (Å²) in [7, 11) is 0. The Morgan fingerprint density at radius 1 is 1.42 bits per heavy atom. The van der Waals surface area contributed by atoms with Gasteiger partial charge in [0.25, 0.3) is 0 Å². The molecule has 19 heavy (non-hydrogen) atoms. The molecule has 1 aromatic rings. The summed E-state index contributed by atoms with van der Waals surface area (Å²) in [4.78, 5) is 0. The van der Waals surface area contributed by atoms with Crippen LogP contribution in [0.3, 0.4) is 0 Å². The number of phenols is 1. The summed E-state index contributed by atoms with van der Waals surface area (Å²) in [5.41, 5.74) is 0.842. The number of aromatic hydroxyl groups is 1. The Hall–Kier alpha value is -1.26. The van der Waals surface area contributed by atoms with Gasteiger partial charge in [-0.1, -0.05) is 12.1 Å². The number of benzene rings is 1. The first-order valence-corrected chi connectivity index (χ1v) is 7.04. The Morgan fingerprint density at radius 3 is 2.84 bits per heavy atom. The summed E-state index contributed by atoms with van der Waals surface area (Å²) in [5, 5.41) is 22.6. The minimum atomic E-state index is 0.207. The molecule has 3 N–H and O–H groups in total. The lowest BCUT2D eigenvalue weighted by atomic mass is 10.1. The topological polar surface area (TPSA) is 61.7 Å². The fraction of sp³-hybridized carbons (Fsp3) is 0.600. The molecular formula is C15H23NO3. The third kappa shape index (κ3) is 3.85. The predicted molar refractivity (Wildman–Crippen MR) is 74.3 cm³/mol. The lowest BCUT2D eigenvalue weighted by Gasteiger charge is -2.18. The maximum Gasteiger partial charge on any atom is 0.162 e. The molecule has 1 aliphatic rings. The van der Waals surface area contributed by atoms with Crippen LogP contribution in [0, 0.1) is 5.92 Å². The molecule has 0 heterocycles. The Bertz CT molecular complexity index is 404. The first-order valence-electron chi connectivity index (χ1n) is 7.04. The van der Waals surface area contributed by atoms with Crippen LogP contribution in [0.5, 0.6) is 11.5 Å². The molecule has 1 atom stereocenters. The summed E-state index contributed by atoms with van der Waals surface area (Å²) in [6.07, 6.45) is 3.25. The van der Waals surface area contributed by atoms with Gasteiger partial charge < -0.3 is 20.3 Å². The van der Waals surface area contributed by atoms with Crippen molar-refractivity contribution in [2.45, 2.75) is 38.8 Å². The van der Waals surface area contributed by atoms with Gasteiger partial charge in [-0.3, -0.25) is 0 Å². The van der Waals surface area contributed by atoms with Crippen molar-refractivity contribution in [1.82, 2.24) is 5.32 Å². The fourth-order valence-electron chi connectivity index (χ4n) is 2.37. The van der Waals surface area contributed by atoms with Gasteiger partial charge in [-0.25, -0.2) is 0 Å². The van der Waals surface area contributed by atoms with Gasteiger partial charge in [-0.15, -0.1) is 0 Å². The van der Waals surface area contributed by atoms with Crippen LogP contribution in [-0.2, 0) is 6.54 Å². The van der Waals surface area contributed by atoms with E-state index in [0.29, 0.717) is 30.9 Å². The maximum atomic E-state index is 10.1. The second-order valence-corrected chi connectivity index (χ2v) is 5.03. The molecule has 0 bridgehead atoms. The second-order valence-electron chi connectivity index (χ2n) is 5.03. The van der Waals surface area contributed by atoms with Gasteiger partial charge in [0, 0.05) is 24.8 Å². The molecule has 0 aromatic heterocycles. The van der Waals surface area contributed by atoms with Gasteiger partial charge in [0.2, 0.25) is 0 Å². The summed E-state index contributed by atoms with van der Waals surface area (Å²) in [6, 6.07) is 5.90. The van der Waals surface area contributed by atoms with E-state index in [1.54, 1.807) is 6.07 Å². The number of hydrogen-bond acceptors (Lipinski definition) is 4. The number of rotatable bonds is 8. The average Bonchev–Trinajstić information content (AvgIpc) is 3.23. The van der Waals surface area contributed by atoms with Crippen molar-refractivity contribution >= 4 is 0 Å². The molecule has 0 spiro atoms. The lowest BCUT2D eigenvalue weighted by Crippen LogP contribution is -2.31. The van der Waals surface area contributed by atoms with Crippen LogP contribution >= 0.6 is 0 Å². The van der Waals surface area contributed by atoms with Crippen molar-refractivity contribution in [1.29, 1.82) is 0 Å². The molecule has 0 amide bonds. The zero-order valence-electron chi connectivity index (χ0n) is 11.4. The summed E-state index contributed by atoms with van der Waals surface area (Å²) < 4.78 is 5.37. The van der Waals surface area contributed by atoms with Crippen LogP contribution in [0.1, 0.15) is 31.7 Å². The monoisotopic (exact) mass is 265 g/mol. The molecular weight excluding hydrogens is 242 g/mol.